The summed E-state index contributed by atoms with van der Waals surface area (Å²) in [6, 6.07) is 10.0. The molecule has 1 spiro atoms. The molecule has 2 aliphatic rings. The van der Waals surface area contributed by atoms with Crippen LogP contribution in [0.3, 0.4) is 0 Å². The van der Waals surface area contributed by atoms with Gasteiger partial charge in [-0.25, -0.2) is 8.78 Å². The number of nitrogens with zero attached hydrogens (tertiary/aromatic N) is 1. The molecule has 3 amide bonds. The summed E-state index contributed by atoms with van der Waals surface area (Å²) in [7, 11) is 0. The van der Waals surface area contributed by atoms with Crippen LogP contribution in [-0.2, 0) is 32.0 Å². The number of ether oxygens (including phenoxy) is 1. The Morgan fingerprint density at radius 1 is 1.13 bits per heavy atom. The van der Waals surface area contributed by atoms with E-state index in [1.807, 2.05) is 30.5 Å². The van der Waals surface area contributed by atoms with Crippen molar-refractivity contribution in [1.82, 2.24) is 15.2 Å². The number of primary amides is 1. The number of nitrogens with one attached hydrogen (secondary N) is 2. The van der Waals surface area contributed by atoms with E-state index in [-0.39, 0.29) is 36.8 Å². The predicted octanol–water partition coefficient (Wildman–Crippen LogP) is 2.60. The van der Waals surface area contributed by atoms with Gasteiger partial charge in [0, 0.05) is 42.7 Å². The molecule has 38 heavy (non-hydrogen) atoms. The van der Waals surface area contributed by atoms with E-state index in [9.17, 15) is 23.2 Å². The second-order valence-corrected chi connectivity index (χ2v) is 10.2. The van der Waals surface area contributed by atoms with Crippen molar-refractivity contribution < 1.29 is 27.9 Å². The van der Waals surface area contributed by atoms with Crippen molar-refractivity contribution in [3.05, 3.63) is 71.4 Å². The van der Waals surface area contributed by atoms with Gasteiger partial charge < -0.3 is 25.7 Å². The number of hydrogen-bond acceptors (Lipinski definition) is 4. The predicted molar refractivity (Wildman–Crippen MR) is 136 cm³/mol. The van der Waals surface area contributed by atoms with E-state index in [0.717, 1.165) is 28.6 Å². The van der Waals surface area contributed by atoms with Crippen molar-refractivity contribution in [2.75, 3.05) is 19.7 Å². The maximum Gasteiger partial charge on any atom is 0.240 e. The number of carbonyl (C=O) groups excluding carboxylic acids is 3. The van der Waals surface area contributed by atoms with Gasteiger partial charge in [0.1, 0.15) is 17.7 Å². The topological polar surface area (TPSA) is 118 Å². The average Bonchev–Trinajstić information content (AvgIpc) is 3.50. The second-order valence-electron chi connectivity index (χ2n) is 10.2. The van der Waals surface area contributed by atoms with Crippen LogP contribution in [0.15, 0.2) is 48.7 Å². The minimum Gasteiger partial charge on any atom is -0.374 e. The standard InChI is InChI=1S/C28H30F2N4O4/c29-20-6-5-17(22(30)13-20)12-25(35)34-9-7-28(8-10-34)14-19(16-38-28)27(37)33-24(26(31)36)11-18-15-32-23-4-2-1-3-21(18)23/h1-6,13,15,19,24,32H,7-12,14,16H2,(H2,31,36)(H,33,37). The molecule has 0 saturated carbocycles. The van der Waals surface area contributed by atoms with Crippen molar-refractivity contribution in [2.24, 2.45) is 11.7 Å². The molecule has 2 atom stereocenters. The Bertz CT molecular complexity index is 1370. The number of fused-ring (bicyclic) bond motifs is 1. The van der Waals surface area contributed by atoms with Crippen LogP contribution in [0, 0.1) is 17.6 Å². The number of hydrogen-bond donors (Lipinski definition) is 3. The molecule has 2 fully saturated rings. The average molecular weight is 525 g/mol. The van der Waals surface area contributed by atoms with Crippen LogP contribution < -0.4 is 11.1 Å². The number of halogens is 2. The largest absolute Gasteiger partial charge is 0.374 e. The zero-order valence-corrected chi connectivity index (χ0v) is 20.8. The van der Waals surface area contributed by atoms with Crippen LogP contribution >= 0.6 is 0 Å². The highest BCUT2D eigenvalue weighted by atomic mass is 19.1. The quantitative estimate of drug-likeness (QED) is 0.440. The Morgan fingerprint density at radius 3 is 2.63 bits per heavy atom. The van der Waals surface area contributed by atoms with E-state index in [1.165, 1.54) is 6.07 Å². The third-order valence-corrected chi connectivity index (χ3v) is 7.72. The van der Waals surface area contributed by atoms with Gasteiger partial charge in [0.05, 0.1) is 24.5 Å². The summed E-state index contributed by atoms with van der Waals surface area (Å²) in [4.78, 5) is 42.7. The molecule has 1 aromatic heterocycles. The van der Waals surface area contributed by atoms with E-state index >= 15 is 0 Å². The van der Waals surface area contributed by atoms with Gasteiger partial charge in [0.15, 0.2) is 0 Å². The molecule has 2 aromatic carbocycles. The summed E-state index contributed by atoms with van der Waals surface area (Å²) in [6.45, 7) is 1.06. The molecule has 0 aliphatic carbocycles. The third-order valence-electron chi connectivity index (χ3n) is 7.72. The molecule has 4 N–H and O–H groups in total. The van der Waals surface area contributed by atoms with Gasteiger partial charge in [0.25, 0.3) is 0 Å². The monoisotopic (exact) mass is 524 g/mol. The highest BCUT2D eigenvalue weighted by molar-refractivity contribution is 5.89. The number of amides is 3. The van der Waals surface area contributed by atoms with Gasteiger partial charge in [-0.3, -0.25) is 14.4 Å². The number of piperidine rings is 1. The Kier molecular flexibility index (Phi) is 7.16. The Morgan fingerprint density at radius 2 is 1.89 bits per heavy atom. The van der Waals surface area contributed by atoms with E-state index in [4.69, 9.17) is 10.5 Å². The summed E-state index contributed by atoms with van der Waals surface area (Å²) >= 11 is 0. The fourth-order valence-corrected chi connectivity index (χ4v) is 5.50. The van der Waals surface area contributed by atoms with Gasteiger partial charge in [-0.15, -0.1) is 0 Å². The molecular formula is C28H30F2N4O4. The zero-order valence-electron chi connectivity index (χ0n) is 20.8. The number of benzene rings is 2. The lowest BCUT2D eigenvalue weighted by Gasteiger charge is -2.38. The molecule has 2 unspecified atom stereocenters. The summed E-state index contributed by atoms with van der Waals surface area (Å²) in [5.74, 6) is -2.98. The minimum atomic E-state index is -0.857. The first-order valence-electron chi connectivity index (χ1n) is 12.7. The van der Waals surface area contributed by atoms with Gasteiger partial charge in [0.2, 0.25) is 17.7 Å². The first kappa shape index (κ1) is 25.8. The molecule has 5 rings (SSSR count). The molecule has 200 valence electrons. The molecular weight excluding hydrogens is 494 g/mol. The normalized spacial score (nSPS) is 19.5. The molecule has 0 bridgehead atoms. The summed E-state index contributed by atoms with van der Waals surface area (Å²) < 4.78 is 33.2. The van der Waals surface area contributed by atoms with Crippen LogP contribution in [0.25, 0.3) is 10.9 Å². The van der Waals surface area contributed by atoms with Crippen molar-refractivity contribution in [3.63, 3.8) is 0 Å². The first-order chi connectivity index (χ1) is 18.2. The molecule has 3 aromatic rings. The number of para-hydroxylation sites is 1. The maximum absolute atomic E-state index is 14.0. The van der Waals surface area contributed by atoms with Crippen LogP contribution in [0.2, 0.25) is 0 Å². The van der Waals surface area contributed by atoms with Crippen LogP contribution in [-0.4, -0.2) is 58.9 Å². The lowest BCUT2D eigenvalue weighted by Crippen LogP contribution is -2.49. The van der Waals surface area contributed by atoms with E-state index in [2.05, 4.69) is 10.3 Å². The number of rotatable bonds is 7. The molecule has 2 saturated heterocycles. The molecule has 0 radical (unpaired) electrons. The highest BCUT2D eigenvalue weighted by Gasteiger charge is 2.46. The molecule has 10 heteroatoms. The van der Waals surface area contributed by atoms with E-state index in [0.29, 0.717) is 32.4 Å². The summed E-state index contributed by atoms with van der Waals surface area (Å²) in [5.41, 5.74) is 7.08. The fraction of sp³-hybridized carbons (Fsp3) is 0.393. The number of aromatic amines is 1. The van der Waals surface area contributed by atoms with Gasteiger partial charge in [-0.2, -0.15) is 0 Å². The van der Waals surface area contributed by atoms with Crippen molar-refractivity contribution in [2.45, 2.75) is 43.7 Å². The van der Waals surface area contributed by atoms with Crippen LogP contribution in [0.1, 0.15) is 30.4 Å². The fourth-order valence-electron chi connectivity index (χ4n) is 5.50. The van der Waals surface area contributed by atoms with E-state index in [1.54, 1.807) is 4.90 Å². The number of H-pyrrole nitrogens is 1. The SMILES string of the molecule is NC(=O)C(Cc1c[nH]c2ccccc12)NC(=O)C1COC2(CCN(C(=O)Cc3ccc(F)cc3F)CC2)C1. The Balaban J connectivity index is 1.15. The zero-order chi connectivity index (χ0) is 26.9. The number of nitrogens with two attached hydrogens (primary N) is 1. The van der Waals surface area contributed by atoms with Crippen LogP contribution in [0.5, 0.6) is 0 Å². The first-order valence-corrected chi connectivity index (χ1v) is 12.7. The van der Waals surface area contributed by atoms with Gasteiger partial charge in [-0.1, -0.05) is 24.3 Å². The second kappa shape index (κ2) is 10.5. The number of likely N-dealkylation sites (tertiary alicyclic amines) is 1. The molecule has 2 aliphatic heterocycles. The van der Waals surface area contributed by atoms with Gasteiger partial charge in [-0.05, 0) is 42.5 Å². The Labute approximate surface area is 218 Å². The lowest BCUT2D eigenvalue weighted by molar-refractivity contribution is -0.135. The lowest BCUT2D eigenvalue weighted by atomic mass is 9.85. The highest BCUT2D eigenvalue weighted by Crippen LogP contribution is 2.39. The van der Waals surface area contributed by atoms with E-state index < -0.39 is 35.1 Å². The molecule has 3 heterocycles. The summed E-state index contributed by atoms with van der Waals surface area (Å²) in [6.07, 6.45) is 3.52. The van der Waals surface area contributed by atoms with Crippen molar-refractivity contribution in [1.29, 1.82) is 0 Å². The Hall–Kier alpha value is -3.79. The third kappa shape index (κ3) is 5.40. The smallest absolute Gasteiger partial charge is 0.240 e. The van der Waals surface area contributed by atoms with Crippen molar-refractivity contribution >= 4 is 28.6 Å². The maximum atomic E-state index is 14.0. The number of aromatic nitrogens is 1. The number of carbonyl (C=O) groups is 3. The van der Waals surface area contributed by atoms with Crippen molar-refractivity contribution in [3.8, 4) is 0 Å². The van der Waals surface area contributed by atoms with Crippen LogP contribution in [0.4, 0.5) is 8.78 Å². The van der Waals surface area contributed by atoms with Gasteiger partial charge >= 0.3 is 0 Å². The molecule has 8 nitrogen and oxygen atoms in total. The summed E-state index contributed by atoms with van der Waals surface area (Å²) in [5, 5.41) is 3.78. The minimum absolute atomic E-state index is 0.143.